The number of rotatable bonds is 41. The van der Waals surface area contributed by atoms with Gasteiger partial charge in [0.05, 0.1) is 13.2 Å². The largest absolute Gasteiger partial charge is 0.480 e. The number of hydrogen-bond donors (Lipinski definition) is 4. The van der Waals surface area contributed by atoms with E-state index in [1.54, 1.807) is 0 Å². The number of unbranched alkanes of at least 4 members (excludes halogenated alkanes) is 9. The Bertz CT molecular complexity index is 1460. The molecule has 0 aromatic rings. The minimum Gasteiger partial charge on any atom is -0.480 e. The third-order valence-corrected chi connectivity index (χ3v) is 10.0. The van der Waals surface area contributed by atoms with Crippen LogP contribution in [0.5, 0.6) is 0 Å². The van der Waals surface area contributed by atoms with Crippen molar-refractivity contribution in [1.82, 2.24) is 5.32 Å². The fourth-order valence-electron chi connectivity index (χ4n) is 5.57. The van der Waals surface area contributed by atoms with Crippen LogP contribution in [0, 0.1) is 0 Å². The van der Waals surface area contributed by atoms with Gasteiger partial charge in [0.1, 0.15) is 12.7 Å². The third kappa shape index (κ3) is 42.8. The van der Waals surface area contributed by atoms with Crippen LogP contribution in [0.15, 0.2) is 109 Å². The number of nitrogens with one attached hydrogen (secondary N) is 1. The number of allylic oxidation sites excluding steroid dienone is 18. The molecule has 12 heteroatoms. The van der Waals surface area contributed by atoms with E-state index < -0.39 is 57.6 Å². The molecule has 0 saturated heterocycles. The van der Waals surface area contributed by atoms with E-state index in [-0.39, 0.29) is 12.8 Å². The molecule has 350 valence electrons. The Labute approximate surface area is 374 Å². The highest BCUT2D eigenvalue weighted by atomic mass is 31.2. The van der Waals surface area contributed by atoms with Crippen LogP contribution in [-0.2, 0) is 32.7 Å². The monoisotopic (exact) mass is 886 g/mol. The van der Waals surface area contributed by atoms with Crippen LogP contribution in [0.3, 0.4) is 0 Å². The van der Waals surface area contributed by atoms with Gasteiger partial charge in [0.2, 0.25) is 5.91 Å². The molecule has 0 aliphatic rings. The zero-order valence-electron chi connectivity index (χ0n) is 37.9. The predicted molar refractivity (Wildman–Crippen MR) is 253 cm³/mol. The first-order valence-corrected chi connectivity index (χ1v) is 24.4. The first kappa shape index (κ1) is 58.1. The molecule has 0 fully saturated rings. The van der Waals surface area contributed by atoms with Gasteiger partial charge in [-0.1, -0.05) is 155 Å². The first-order valence-electron chi connectivity index (χ1n) is 22.9. The molecule has 0 bridgehead atoms. The minimum atomic E-state index is -4.78. The fourth-order valence-corrected chi connectivity index (χ4v) is 6.34. The van der Waals surface area contributed by atoms with Gasteiger partial charge in [-0.25, -0.2) is 9.36 Å². The molecule has 0 spiro atoms. The van der Waals surface area contributed by atoms with Crippen molar-refractivity contribution < 1.29 is 47.8 Å². The quantitative estimate of drug-likeness (QED) is 0.0201. The van der Waals surface area contributed by atoms with Crippen LogP contribution in [-0.4, -0.2) is 64.9 Å². The van der Waals surface area contributed by atoms with Crippen molar-refractivity contribution in [3.63, 3.8) is 0 Å². The van der Waals surface area contributed by atoms with Crippen LogP contribution >= 0.6 is 7.82 Å². The molecule has 0 rings (SSSR count). The van der Waals surface area contributed by atoms with Gasteiger partial charge >= 0.3 is 19.8 Å². The molecule has 0 aromatic heterocycles. The first-order chi connectivity index (χ1) is 30.1. The van der Waals surface area contributed by atoms with E-state index in [0.717, 1.165) is 116 Å². The number of hydrogen-bond acceptors (Lipinski definition) is 8. The number of aliphatic hydroxyl groups excluding tert-OH is 1. The smallest absolute Gasteiger partial charge is 0.472 e. The summed E-state index contributed by atoms with van der Waals surface area (Å²) in [7, 11) is -4.78. The van der Waals surface area contributed by atoms with Gasteiger partial charge in [0.15, 0.2) is 6.04 Å². The Morgan fingerprint density at radius 1 is 0.516 bits per heavy atom. The van der Waals surface area contributed by atoms with Crippen molar-refractivity contribution in [3.05, 3.63) is 109 Å². The Hall–Kier alpha value is -3.86. The summed E-state index contributed by atoms with van der Waals surface area (Å²) < 4.78 is 26.8. The zero-order chi connectivity index (χ0) is 45.6. The van der Waals surface area contributed by atoms with Gasteiger partial charge in [-0.05, 0) is 96.3 Å². The molecule has 0 saturated carbocycles. The molecule has 62 heavy (non-hydrogen) atoms. The van der Waals surface area contributed by atoms with Crippen molar-refractivity contribution in [1.29, 1.82) is 0 Å². The number of esters is 1. The highest BCUT2D eigenvalue weighted by Crippen LogP contribution is 2.43. The number of carboxylic acid groups (broad SMARTS) is 1. The van der Waals surface area contributed by atoms with Gasteiger partial charge in [-0.2, -0.15) is 0 Å². The van der Waals surface area contributed by atoms with E-state index in [9.17, 15) is 34.1 Å². The molecule has 0 aliphatic heterocycles. The van der Waals surface area contributed by atoms with Gasteiger partial charge in [0.25, 0.3) is 0 Å². The van der Waals surface area contributed by atoms with Gasteiger partial charge in [-0.3, -0.25) is 18.6 Å². The summed E-state index contributed by atoms with van der Waals surface area (Å²) in [6, 6.07) is -1.57. The average Bonchev–Trinajstić information content (AvgIpc) is 3.25. The Morgan fingerprint density at radius 2 is 0.887 bits per heavy atom. The van der Waals surface area contributed by atoms with E-state index in [0.29, 0.717) is 12.8 Å². The van der Waals surface area contributed by atoms with E-state index in [1.807, 2.05) is 0 Å². The maximum absolute atomic E-state index is 12.3. The second-order valence-corrected chi connectivity index (χ2v) is 16.3. The van der Waals surface area contributed by atoms with Crippen LogP contribution in [0.25, 0.3) is 0 Å². The van der Waals surface area contributed by atoms with E-state index in [1.165, 1.54) is 0 Å². The second kappa shape index (κ2) is 43.8. The van der Waals surface area contributed by atoms with Crippen LogP contribution in [0.2, 0.25) is 0 Å². The lowest BCUT2D eigenvalue weighted by Crippen LogP contribution is -2.43. The Morgan fingerprint density at radius 3 is 1.32 bits per heavy atom. The molecule has 1 amide bonds. The zero-order valence-corrected chi connectivity index (χ0v) is 38.8. The number of carbonyl (C=O) groups is 3. The molecular weight excluding hydrogens is 806 g/mol. The Kier molecular flexibility index (Phi) is 41.0. The summed E-state index contributed by atoms with van der Waals surface area (Å²) in [5.74, 6) is -2.44. The lowest BCUT2D eigenvalue weighted by atomic mass is 10.1. The van der Waals surface area contributed by atoms with E-state index in [4.69, 9.17) is 13.8 Å². The summed E-state index contributed by atoms with van der Waals surface area (Å²) >= 11 is 0. The summed E-state index contributed by atoms with van der Waals surface area (Å²) in [6.45, 7) is 2.31. The van der Waals surface area contributed by atoms with Crippen molar-refractivity contribution in [2.75, 3.05) is 19.8 Å². The third-order valence-electron chi connectivity index (χ3n) is 9.06. The lowest BCUT2D eigenvalue weighted by molar-refractivity contribution is -0.147. The number of phosphoric ester groups is 1. The van der Waals surface area contributed by atoms with Gasteiger partial charge < -0.3 is 25.2 Å². The molecule has 3 atom stereocenters. The van der Waals surface area contributed by atoms with Crippen molar-refractivity contribution in [2.45, 2.75) is 167 Å². The minimum absolute atomic E-state index is 0.107. The van der Waals surface area contributed by atoms with Crippen LogP contribution < -0.4 is 5.32 Å². The second-order valence-electron chi connectivity index (χ2n) is 14.8. The summed E-state index contributed by atoms with van der Waals surface area (Å²) in [6.07, 6.45) is 56.8. The topological polar surface area (TPSA) is 169 Å². The SMILES string of the molecule is CC/C=C\C/C=C\C/C=C\C/C=C\C/C=C\C/C=C\CCCCCCC(=O)NC(COP(=O)(O)OCC(O)COC(=O)CCCCCCC/C=C\C/C=C\C/C=C\CC)C(=O)O. The molecule has 11 nitrogen and oxygen atoms in total. The number of aliphatic carboxylic acids is 1. The molecule has 4 N–H and O–H groups in total. The average molecular weight is 886 g/mol. The fraction of sp³-hybridized carbons (Fsp3) is 0.580. The van der Waals surface area contributed by atoms with E-state index >= 15 is 0 Å². The van der Waals surface area contributed by atoms with Crippen LogP contribution in [0.1, 0.15) is 155 Å². The number of aliphatic hydroxyl groups is 1. The summed E-state index contributed by atoms with van der Waals surface area (Å²) in [5.41, 5.74) is 0. The molecule has 0 aliphatic carbocycles. The lowest BCUT2D eigenvalue weighted by Gasteiger charge is -2.18. The molecule has 0 aromatic carbocycles. The number of phosphoric acid groups is 1. The number of carbonyl (C=O) groups excluding carboxylic acids is 2. The van der Waals surface area contributed by atoms with Gasteiger partial charge in [-0.15, -0.1) is 0 Å². The summed E-state index contributed by atoms with van der Waals surface area (Å²) in [5, 5.41) is 21.8. The maximum atomic E-state index is 12.3. The van der Waals surface area contributed by atoms with Crippen molar-refractivity contribution in [2.24, 2.45) is 0 Å². The highest BCUT2D eigenvalue weighted by molar-refractivity contribution is 7.47. The molecular formula is C50H80NO10P. The van der Waals surface area contributed by atoms with E-state index in [2.05, 4.69) is 129 Å². The van der Waals surface area contributed by atoms with Crippen LogP contribution in [0.4, 0.5) is 0 Å². The number of amides is 1. The molecule has 0 radical (unpaired) electrons. The molecule has 0 heterocycles. The van der Waals surface area contributed by atoms with Crippen molar-refractivity contribution >= 4 is 25.7 Å². The summed E-state index contributed by atoms with van der Waals surface area (Å²) in [4.78, 5) is 46.0. The predicted octanol–water partition coefficient (Wildman–Crippen LogP) is 12.2. The number of ether oxygens (including phenoxy) is 1. The Balaban J connectivity index is 3.99. The highest BCUT2D eigenvalue weighted by Gasteiger charge is 2.28. The molecule has 3 unspecified atom stereocenters. The van der Waals surface area contributed by atoms with Crippen molar-refractivity contribution in [3.8, 4) is 0 Å². The van der Waals surface area contributed by atoms with Gasteiger partial charge in [0, 0.05) is 12.8 Å². The normalized spacial score (nSPS) is 14.6. The standard InChI is InChI=1S/C50H80NO10P/c1-3-5-7-9-11-13-15-17-19-20-21-22-23-24-25-26-28-29-31-33-35-37-39-41-48(53)51-47(50(55)56)45-61-62(57,58)60-44-46(52)43-59-49(54)42-40-38-36-34-32-30-27-18-16-14-12-10-8-6-4-2/h5-8,11-14,17-19,21-22,24-25,27-29,46-47,52H,3-4,9-10,15-16,20,23,26,30-45H2,1-2H3,(H,51,53)(H,55,56)(H,57,58)/b7-5-,8-6-,13-11-,14-12-,19-17-,22-21-,25-24-,27-18-,29-28-. The number of carboxylic acids is 1. The maximum Gasteiger partial charge on any atom is 0.472 e.